The summed E-state index contributed by atoms with van der Waals surface area (Å²) in [6, 6.07) is 14.0. The van der Waals surface area contributed by atoms with E-state index in [0.29, 0.717) is 35.1 Å². The van der Waals surface area contributed by atoms with Crippen molar-refractivity contribution in [1.82, 2.24) is 15.3 Å². The molecule has 3 aromatic rings. The minimum Gasteiger partial charge on any atom is -0.481 e. The number of halogens is 1. The van der Waals surface area contributed by atoms with Gasteiger partial charge in [-0.15, -0.1) is 0 Å². The average Bonchev–Trinajstić information content (AvgIpc) is 2.87. The summed E-state index contributed by atoms with van der Waals surface area (Å²) < 4.78 is 18.7. The maximum Gasteiger partial charge on any atom is 1.00 e. The van der Waals surface area contributed by atoms with Gasteiger partial charge in [-0.3, -0.25) is 4.90 Å². The molecule has 2 unspecified atom stereocenters. The Kier molecular flexibility index (Phi) is 11.2. The molecule has 1 aromatic heterocycles. The van der Waals surface area contributed by atoms with E-state index in [2.05, 4.69) is 32.0 Å². The number of para-hydroxylation sites is 1. The second-order valence-electron chi connectivity index (χ2n) is 8.71. The van der Waals surface area contributed by atoms with Crippen molar-refractivity contribution in [1.29, 1.82) is 0 Å². The first-order valence-electron chi connectivity index (χ1n) is 11.9. The molecule has 0 amide bonds. The second-order valence-corrected chi connectivity index (χ2v) is 12.3. The van der Waals surface area contributed by atoms with Gasteiger partial charge in [0.2, 0.25) is 5.95 Å². The van der Waals surface area contributed by atoms with Gasteiger partial charge in [0, 0.05) is 29.7 Å². The first kappa shape index (κ1) is 30.0. The Labute approximate surface area is 277 Å². The van der Waals surface area contributed by atoms with Crippen molar-refractivity contribution >= 4 is 52.9 Å². The van der Waals surface area contributed by atoms with Gasteiger partial charge in [-0.2, -0.15) is 4.98 Å². The van der Waals surface area contributed by atoms with Crippen LogP contribution < -0.4 is 99.8 Å². The summed E-state index contributed by atoms with van der Waals surface area (Å²) >= 11 is 6.36. The van der Waals surface area contributed by atoms with Gasteiger partial charge in [-0.05, 0) is 31.5 Å². The molecule has 5 rings (SSSR count). The number of nitrogens with zero attached hydrogens (tertiary/aromatic N) is 2. The van der Waals surface area contributed by atoms with Crippen LogP contribution in [-0.2, 0) is 4.57 Å². The van der Waals surface area contributed by atoms with Crippen LogP contribution in [-0.4, -0.2) is 55.6 Å². The van der Waals surface area contributed by atoms with Crippen molar-refractivity contribution in [3.8, 4) is 5.75 Å². The predicted molar refractivity (Wildman–Crippen MR) is 145 cm³/mol. The first-order valence-corrected chi connectivity index (χ1v) is 14.9. The second kappa shape index (κ2) is 13.5. The molecule has 8 nitrogen and oxygen atoms in total. The van der Waals surface area contributed by atoms with Crippen molar-refractivity contribution in [3.63, 3.8) is 0 Å². The van der Waals surface area contributed by atoms with Crippen LogP contribution in [0.2, 0.25) is 5.02 Å². The first-order chi connectivity index (χ1) is 16.9. The molecular weight excluding hydrogens is 616 g/mol. The number of fused-ring (bicyclic) bond motifs is 3. The summed E-state index contributed by atoms with van der Waals surface area (Å²) in [5.41, 5.74) is 2.74. The molecule has 0 spiro atoms. The summed E-state index contributed by atoms with van der Waals surface area (Å²) in [6.07, 6.45) is 1.55. The van der Waals surface area contributed by atoms with Crippen LogP contribution in [0.5, 0.6) is 5.75 Å². The van der Waals surface area contributed by atoms with Crippen LogP contribution in [0.15, 0.2) is 48.7 Å². The molecule has 0 saturated carbocycles. The zero-order valence-corrected chi connectivity index (χ0v) is 29.5. The Morgan fingerprint density at radius 1 is 1.17 bits per heavy atom. The molecule has 4 N–H and O–H groups in total. The quantitative estimate of drug-likeness (QED) is 0.304. The van der Waals surface area contributed by atoms with Crippen LogP contribution in [0.25, 0.3) is 0 Å². The van der Waals surface area contributed by atoms with Gasteiger partial charge in [0.1, 0.15) is 24.8 Å². The van der Waals surface area contributed by atoms with Crippen molar-refractivity contribution in [2.24, 2.45) is 0 Å². The number of anilines is 4. The number of piperazine rings is 1. The van der Waals surface area contributed by atoms with Gasteiger partial charge in [0.05, 0.1) is 25.0 Å². The van der Waals surface area contributed by atoms with Gasteiger partial charge >= 0.3 is 68.9 Å². The number of hydrogen-bond donors (Lipinski definition) is 4. The van der Waals surface area contributed by atoms with Crippen molar-refractivity contribution in [3.05, 3.63) is 53.7 Å². The third kappa shape index (κ3) is 7.08. The van der Waals surface area contributed by atoms with Crippen LogP contribution in [0.4, 0.5) is 28.8 Å². The molecule has 36 heavy (non-hydrogen) atoms. The number of rotatable bonds is 5. The van der Waals surface area contributed by atoms with Gasteiger partial charge in [-0.25, -0.2) is 4.98 Å². The van der Waals surface area contributed by atoms with Gasteiger partial charge in [0.15, 0.2) is 17.3 Å². The number of ether oxygens (including phenoxy) is 1. The van der Waals surface area contributed by atoms with E-state index in [4.69, 9.17) is 16.3 Å². The summed E-state index contributed by atoms with van der Waals surface area (Å²) in [5, 5.41) is 11.0. The SMILES string of the molecule is CC.CP(C)(=O)c1ccccc1Nc1nc(Nc2ccc3c(c2)OCC2CNCC[NH+]32)ncc1Cl.[Cs+]. The molecule has 1 saturated heterocycles. The van der Waals surface area contributed by atoms with E-state index in [1.165, 1.54) is 10.6 Å². The van der Waals surface area contributed by atoms with Crippen LogP contribution in [0.3, 0.4) is 0 Å². The molecule has 0 aliphatic carbocycles. The van der Waals surface area contributed by atoms with Crippen molar-refractivity contribution in [2.45, 2.75) is 19.9 Å². The zero-order chi connectivity index (χ0) is 25.0. The standard InChI is InChI=1S/C23H26ClN6O2P.C2H6.Cs/c1-33(2,31)21-6-4-3-5-18(21)28-22-17(24)13-26-23(29-22)27-15-7-8-19-20(11-15)32-14-16-12-25-9-10-30(16)19;1-2;/h3-8,11,13,16,25H,9-10,12,14H2,1-2H3,(H2,26,27,28,29);1-2H3;/q;;+1/p+1. The van der Waals surface area contributed by atoms with Gasteiger partial charge in [-0.1, -0.05) is 37.6 Å². The Hall–Kier alpha value is -0.588. The number of aromatic nitrogens is 2. The van der Waals surface area contributed by atoms with E-state index >= 15 is 0 Å². The number of benzene rings is 2. The average molecular weight is 649 g/mol. The molecule has 2 aliphatic rings. The van der Waals surface area contributed by atoms with Gasteiger partial charge in [0.25, 0.3) is 0 Å². The Bertz CT molecular complexity index is 1240. The monoisotopic (exact) mass is 648 g/mol. The molecule has 1 fully saturated rings. The Morgan fingerprint density at radius 3 is 2.72 bits per heavy atom. The molecule has 11 heteroatoms. The fraction of sp³-hybridized carbons (Fsp3) is 0.360. The van der Waals surface area contributed by atoms with E-state index in [0.717, 1.165) is 36.4 Å². The van der Waals surface area contributed by atoms with Crippen molar-refractivity contribution < 1.29 is 83.1 Å². The molecule has 0 radical (unpaired) electrons. The Morgan fingerprint density at radius 2 is 1.94 bits per heavy atom. The molecule has 2 aromatic carbocycles. The minimum atomic E-state index is -2.48. The van der Waals surface area contributed by atoms with E-state index in [-0.39, 0.29) is 68.9 Å². The van der Waals surface area contributed by atoms with Crippen LogP contribution >= 0.6 is 18.7 Å². The molecule has 2 atom stereocenters. The minimum absolute atomic E-state index is 0. The van der Waals surface area contributed by atoms with E-state index < -0.39 is 7.14 Å². The van der Waals surface area contributed by atoms with Crippen LogP contribution in [0.1, 0.15) is 13.8 Å². The molecule has 186 valence electrons. The number of hydrogen-bond acceptors (Lipinski definition) is 7. The fourth-order valence-electron chi connectivity index (χ4n) is 4.34. The topological polar surface area (TPSA) is 92.6 Å². The summed E-state index contributed by atoms with van der Waals surface area (Å²) in [6.45, 7) is 11.2. The number of nitrogens with one attached hydrogen (secondary N) is 4. The molecule has 3 heterocycles. The van der Waals surface area contributed by atoms with Gasteiger partial charge < -0.3 is 25.3 Å². The smallest absolute Gasteiger partial charge is 0.481 e. The van der Waals surface area contributed by atoms with Crippen LogP contribution in [0, 0.1) is 0 Å². The molecule has 2 aliphatic heterocycles. The van der Waals surface area contributed by atoms with E-state index in [1.54, 1.807) is 19.5 Å². The Balaban J connectivity index is 0.00000117. The maximum atomic E-state index is 12.7. The number of quaternary nitrogens is 1. The van der Waals surface area contributed by atoms with E-state index in [1.807, 2.05) is 50.2 Å². The summed E-state index contributed by atoms with van der Waals surface area (Å²) in [5.74, 6) is 1.73. The summed E-state index contributed by atoms with van der Waals surface area (Å²) in [7, 11) is -2.48. The normalized spacial score (nSPS) is 18.2. The fourth-order valence-corrected chi connectivity index (χ4v) is 5.63. The third-order valence-electron chi connectivity index (χ3n) is 5.96. The van der Waals surface area contributed by atoms with Crippen molar-refractivity contribution in [2.75, 3.05) is 50.2 Å². The molecular formula is C25H33ClCsN6O2P+2. The van der Waals surface area contributed by atoms with E-state index in [9.17, 15) is 4.57 Å². The predicted octanol–water partition coefficient (Wildman–Crippen LogP) is 0.776. The zero-order valence-electron chi connectivity index (χ0n) is 21.6. The largest absolute Gasteiger partial charge is 1.00 e. The summed E-state index contributed by atoms with van der Waals surface area (Å²) in [4.78, 5) is 10.3. The maximum absolute atomic E-state index is 12.7. The third-order valence-corrected chi connectivity index (χ3v) is 7.79. The molecule has 0 bridgehead atoms.